The standard InChI is InChI=1S/C46H55N9O9S/c1-46(2,3)28-23-35(52-65(6)61)42(63-5)37(24-28)55(45(48)60)36-13-14-38(32-10-8-7-9-31(32)36)64-30-15-16-49-40(26-30)51-29-11-12-33(39(25-29)62-4)43(58)50-17-18-53-19-21-54(22-20-53)44(59)34(47)27-41(56)57/h7-16,23-26,34,52H,17-22,27,47H2,1-6H3,(H2,48,60)(H,49,51)(H,50,58)(H,56,57)/t34-,65?/m0/s1. The van der Waals surface area contributed by atoms with Crippen LogP contribution < -0.4 is 45.9 Å². The SMILES string of the molecule is COc1cc(Nc2cc(Oc3ccc(N(C(N)=O)c4cc(C(C)(C)C)cc(NS(C)=O)c4OC)c4ccccc34)ccn2)ccc1C(=O)NCCN1CCN(C(=O)[C@@H](N)CC(=O)O)CC1. The number of anilines is 5. The molecule has 4 amide bonds. The number of carbonyl (C=O) groups is 4. The molecule has 1 aromatic heterocycles. The van der Waals surface area contributed by atoms with Crippen molar-refractivity contribution in [2.45, 2.75) is 38.6 Å². The Kier molecular flexibility index (Phi) is 15.1. The molecule has 0 radical (unpaired) electrons. The zero-order valence-corrected chi connectivity index (χ0v) is 38.0. The maximum atomic E-state index is 13.4. The summed E-state index contributed by atoms with van der Waals surface area (Å²) in [4.78, 5) is 59.6. The largest absolute Gasteiger partial charge is 0.496 e. The van der Waals surface area contributed by atoms with Gasteiger partial charge in [0.15, 0.2) is 5.75 Å². The number of amides is 4. The first-order chi connectivity index (χ1) is 31.0. The quantitative estimate of drug-likeness (QED) is 0.0658. The molecule has 65 heavy (non-hydrogen) atoms. The van der Waals surface area contributed by atoms with E-state index in [2.05, 4.69) is 25.2 Å². The number of carboxylic acids is 1. The topological polar surface area (TPSA) is 244 Å². The molecule has 5 aromatic rings. The van der Waals surface area contributed by atoms with Gasteiger partial charge in [-0.3, -0.25) is 24.2 Å². The molecule has 4 aromatic carbocycles. The van der Waals surface area contributed by atoms with Crippen LogP contribution in [0.1, 0.15) is 43.1 Å². The molecule has 2 atom stereocenters. The number of nitrogens with one attached hydrogen (secondary N) is 3. The van der Waals surface area contributed by atoms with Gasteiger partial charge >= 0.3 is 12.0 Å². The minimum absolute atomic E-state index is 0.294. The number of fused-ring (bicyclic) bond motifs is 1. The van der Waals surface area contributed by atoms with Crippen LogP contribution in [0.2, 0.25) is 0 Å². The van der Waals surface area contributed by atoms with Gasteiger partial charge in [0.25, 0.3) is 5.91 Å². The molecular weight excluding hydrogens is 855 g/mol. The number of piperazine rings is 1. The summed E-state index contributed by atoms with van der Waals surface area (Å²) in [6.45, 7) is 8.98. The highest BCUT2D eigenvalue weighted by atomic mass is 32.2. The molecule has 0 bridgehead atoms. The first-order valence-corrected chi connectivity index (χ1v) is 22.3. The average Bonchev–Trinajstić information content (AvgIpc) is 3.26. The molecule has 1 unspecified atom stereocenters. The maximum absolute atomic E-state index is 13.4. The molecule has 0 spiro atoms. The van der Waals surface area contributed by atoms with E-state index < -0.39 is 35.4 Å². The number of carboxylic acid groups (broad SMARTS) is 1. The number of nitrogens with zero attached hydrogens (tertiary/aromatic N) is 4. The molecule has 1 fully saturated rings. The van der Waals surface area contributed by atoms with E-state index in [1.54, 1.807) is 53.6 Å². The van der Waals surface area contributed by atoms with E-state index >= 15 is 0 Å². The van der Waals surface area contributed by atoms with Crippen LogP contribution in [0, 0.1) is 0 Å². The minimum atomic E-state index is -1.44. The molecule has 0 saturated carbocycles. The number of benzene rings is 4. The third-order valence-electron chi connectivity index (χ3n) is 10.7. The van der Waals surface area contributed by atoms with Crippen LogP contribution in [0.5, 0.6) is 23.0 Å². The van der Waals surface area contributed by atoms with Crippen molar-refractivity contribution >= 4 is 74.1 Å². The molecular formula is C46H55N9O9S. The number of nitrogens with two attached hydrogens (primary N) is 2. The van der Waals surface area contributed by atoms with Crippen molar-refractivity contribution in [3.63, 3.8) is 0 Å². The van der Waals surface area contributed by atoms with E-state index in [1.165, 1.54) is 25.4 Å². The number of rotatable bonds is 17. The Hall–Kier alpha value is -6.96. The van der Waals surface area contributed by atoms with Gasteiger partial charge in [0.1, 0.15) is 34.1 Å². The number of hydrogen-bond acceptors (Lipinski definition) is 12. The summed E-state index contributed by atoms with van der Waals surface area (Å²) in [5.74, 6) is 0.241. The molecule has 1 saturated heterocycles. The summed E-state index contributed by atoms with van der Waals surface area (Å²) >= 11 is 0. The summed E-state index contributed by atoms with van der Waals surface area (Å²) in [7, 11) is 1.52. The Morgan fingerprint density at radius 2 is 1.63 bits per heavy atom. The molecule has 1 aliphatic rings. The van der Waals surface area contributed by atoms with E-state index in [-0.39, 0.29) is 17.2 Å². The fourth-order valence-corrected chi connectivity index (χ4v) is 7.92. The lowest BCUT2D eigenvalue weighted by Crippen LogP contribution is -2.54. The van der Waals surface area contributed by atoms with Gasteiger partial charge in [0.05, 0.1) is 49.3 Å². The Balaban J connectivity index is 1.15. The molecule has 19 heteroatoms. The highest BCUT2D eigenvalue weighted by molar-refractivity contribution is 7.85. The molecule has 18 nitrogen and oxygen atoms in total. The lowest BCUT2D eigenvalue weighted by molar-refractivity contribution is -0.142. The lowest BCUT2D eigenvalue weighted by Gasteiger charge is -2.35. The number of carbonyl (C=O) groups excluding carboxylic acids is 3. The second-order valence-electron chi connectivity index (χ2n) is 16.3. The second-order valence-corrected chi connectivity index (χ2v) is 17.4. The molecule has 8 N–H and O–H groups in total. The van der Waals surface area contributed by atoms with Gasteiger partial charge in [0, 0.05) is 80.3 Å². The number of aliphatic carboxylic acids is 1. The molecule has 344 valence electrons. The van der Waals surface area contributed by atoms with Crippen molar-refractivity contribution in [3.8, 4) is 23.0 Å². The number of ether oxygens (including phenoxy) is 3. The zero-order chi connectivity index (χ0) is 47.0. The Bertz CT molecular complexity index is 2600. The maximum Gasteiger partial charge on any atom is 0.324 e. The van der Waals surface area contributed by atoms with E-state index in [0.29, 0.717) is 107 Å². The van der Waals surface area contributed by atoms with Crippen LogP contribution in [0.15, 0.2) is 85.1 Å². The number of aromatic nitrogens is 1. The van der Waals surface area contributed by atoms with Crippen molar-refractivity contribution in [1.29, 1.82) is 0 Å². The van der Waals surface area contributed by atoms with Crippen molar-refractivity contribution < 1.29 is 42.7 Å². The van der Waals surface area contributed by atoms with Crippen LogP contribution in [0.3, 0.4) is 0 Å². The lowest BCUT2D eigenvalue weighted by atomic mass is 9.86. The van der Waals surface area contributed by atoms with Gasteiger partial charge in [0.2, 0.25) is 5.91 Å². The van der Waals surface area contributed by atoms with Crippen LogP contribution in [0.4, 0.5) is 33.4 Å². The Morgan fingerprint density at radius 3 is 2.28 bits per heavy atom. The van der Waals surface area contributed by atoms with E-state index in [4.69, 9.17) is 30.8 Å². The number of pyridine rings is 1. The van der Waals surface area contributed by atoms with Gasteiger partial charge in [-0.05, 0) is 53.4 Å². The normalized spacial score (nSPS) is 13.9. The van der Waals surface area contributed by atoms with E-state index in [0.717, 1.165) is 5.56 Å². The van der Waals surface area contributed by atoms with Crippen molar-refractivity contribution in [1.82, 2.24) is 20.1 Å². The number of methoxy groups -OCH3 is 2. The van der Waals surface area contributed by atoms with Gasteiger partial charge in [-0.1, -0.05) is 45.0 Å². The summed E-state index contributed by atoms with van der Waals surface area (Å²) in [5, 5.41) is 16.5. The van der Waals surface area contributed by atoms with Gasteiger partial charge in [-0.25, -0.2) is 14.0 Å². The van der Waals surface area contributed by atoms with Gasteiger partial charge < -0.3 is 51.0 Å². The second kappa shape index (κ2) is 20.7. The molecule has 1 aliphatic heterocycles. The fraction of sp³-hybridized carbons (Fsp3) is 0.326. The van der Waals surface area contributed by atoms with Crippen molar-refractivity contribution in [3.05, 3.63) is 96.2 Å². The van der Waals surface area contributed by atoms with Crippen molar-refractivity contribution in [2.75, 3.05) is 74.7 Å². The number of hydrogen-bond donors (Lipinski definition) is 6. The average molecular weight is 910 g/mol. The van der Waals surface area contributed by atoms with Crippen molar-refractivity contribution in [2.24, 2.45) is 11.5 Å². The highest BCUT2D eigenvalue weighted by Gasteiger charge is 2.29. The predicted octanol–water partition coefficient (Wildman–Crippen LogP) is 5.68. The third-order valence-corrected chi connectivity index (χ3v) is 11.3. The first kappa shape index (κ1) is 47.5. The van der Waals surface area contributed by atoms with E-state index in [1.807, 2.05) is 57.2 Å². The smallest absolute Gasteiger partial charge is 0.324 e. The Morgan fingerprint density at radius 1 is 0.908 bits per heavy atom. The van der Waals surface area contributed by atoms with Gasteiger partial charge in [-0.15, -0.1) is 0 Å². The van der Waals surface area contributed by atoms with Gasteiger partial charge in [-0.2, -0.15) is 0 Å². The first-order valence-electron chi connectivity index (χ1n) is 20.8. The van der Waals surface area contributed by atoms with Crippen LogP contribution >= 0.6 is 0 Å². The minimum Gasteiger partial charge on any atom is -0.496 e. The van der Waals surface area contributed by atoms with E-state index in [9.17, 15) is 23.4 Å². The summed E-state index contributed by atoms with van der Waals surface area (Å²) in [5.41, 5.74) is 14.6. The van der Waals surface area contributed by atoms with Crippen LogP contribution in [-0.4, -0.2) is 114 Å². The third kappa shape index (κ3) is 11.6. The fourth-order valence-electron chi connectivity index (χ4n) is 7.46. The molecule has 6 rings (SSSR count). The molecule has 0 aliphatic carbocycles. The predicted molar refractivity (Wildman–Crippen MR) is 251 cm³/mol. The summed E-state index contributed by atoms with van der Waals surface area (Å²) in [6.07, 6.45) is 2.69. The summed E-state index contributed by atoms with van der Waals surface area (Å²) in [6, 6.07) is 21.4. The monoisotopic (exact) mass is 909 g/mol. The highest BCUT2D eigenvalue weighted by Crippen LogP contribution is 2.46. The Labute approximate surface area is 379 Å². The van der Waals surface area contributed by atoms with Crippen LogP contribution in [-0.2, 0) is 26.0 Å². The molecule has 2 heterocycles. The van der Waals surface area contributed by atoms with Crippen LogP contribution in [0.25, 0.3) is 10.8 Å². The summed E-state index contributed by atoms with van der Waals surface area (Å²) < 4.78 is 33.2. The number of primary amides is 1. The number of urea groups is 1. The zero-order valence-electron chi connectivity index (χ0n) is 37.2.